The molecule has 0 saturated carbocycles. The van der Waals surface area contributed by atoms with Crippen molar-refractivity contribution in [3.05, 3.63) is 104 Å². The van der Waals surface area contributed by atoms with Gasteiger partial charge in [-0.3, -0.25) is 14.4 Å². The molecule has 0 aliphatic heterocycles. The van der Waals surface area contributed by atoms with E-state index in [4.69, 9.17) is 11.6 Å². The van der Waals surface area contributed by atoms with Gasteiger partial charge in [0, 0.05) is 54.9 Å². The number of carbonyl (C=O) groups is 2. The van der Waals surface area contributed by atoms with Gasteiger partial charge in [0.2, 0.25) is 5.91 Å². The maximum atomic E-state index is 14.4. The SMILES string of the molecule is CC(=O)NCc1ccc(Cn2cc(C(=O)NCc3cc4c(Cl)c[nH]c4cc3F)ccc2=O)cc1. The van der Waals surface area contributed by atoms with Gasteiger partial charge in [0.15, 0.2) is 0 Å². The maximum Gasteiger partial charge on any atom is 0.253 e. The number of fused-ring (bicyclic) bond motifs is 1. The number of benzene rings is 2. The molecular formula is C25H22ClFN4O3. The first-order valence-electron chi connectivity index (χ1n) is 10.6. The molecule has 2 aromatic carbocycles. The van der Waals surface area contributed by atoms with Crippen molar-refractivity contribution < 1.29 is 14.0 Å². The summed E-state index contributed by atoms with van der Waals surface area (Å²) in [6.07, 6.45) is 3.05. The van der Waals surface area contributed by atoms with Gasteiger partial charge < -0.3 is 20.2 Å². The van der Waals surface area contributed by atoms with Crippen LogP contribution in [0, 0.1) is 5.82 Å². The van der Waals surface area contributed by atoms with E-state index in [-0.39, 0.29) is 30.1 Å². The van der Waals surface area contributed by atoms with Crippen LogP contribution in [0.3, 0.4) is 0 Å². The number of aromatic nitrogens is 2. The second-order valence-electron chi connectivity index (χ2n) is 7.92. The molecular weight excluding hydrogens is 459 g/mol. The lowest BCUT2D eigenvalue weighted by Crippen LogP contribution is -2.27. The quantitative estimate of drug-likeness (QED) is 0.376. The Morgan fingerprint density at radius 2 is 1.76 bits per heavy atom. The van der Waals surface area contributed by atoms with Crippen molar-refractivity contribution >= 4 is 34.3 Å². The zero-order valence-electron chi connectivity index (χ0n) is 18.3. The summed E-state index contributed by atoms with van der Waals surface area (Å²) in [6, 6.07) is 13.2. The molecule has 3 N–H and O–H groups in total. The molecule has 4 aromatic rings. The van der Waals surface area contributed by atoms with E-state index in [1.807, 2.05) is 24.3 Å². The minimum absolute atomic E-state index is 0.0308. The number of H-pyrrole nitrogens is 1. The lowest BCUT2D eigenvalue weighted by atomic mass is 10.1. The summed E-state index contributed by atoms with van der Waals surface area (Å²) >= 11 is 6.10. The standard InChI is InChI=1S/C25H22ClFN4O3/c1-15(32)28-10-16-2-4-17(5-3-16)13-31-14-18(6-7-24(31)33)25(34)30-11-19-8-20-21(26)12-29-23(20)9-22(19)27/h2-9,12,14,29H,10-11,13H2,1H3,(H,28,32)(H,30,34). The van der Waals surface area contributed by atoms with E-state index in [1.165, 1.54) is 35.9 Å². The van der Waals surface area contributed by atoms with E-state index < -0.39 is 11.7 Å². The topological polar surface area (TPSA) is 96.0 Å². The maximum absolute atomic E-state index is 14.4. The number of aromatic amines is 1. The molecule has 2 aromatic heterocycles. The van der Waals surface area contributed by atoms with Crippen molar-refractivity contribution in [3.63, 3.8) is 0 Å². The van der Waals surface area contributed by atoms with Crippen LogP contribution in [-0.4, -0.2) is 21.4 Å². The van der Waals surface area contributed by atoms with Crippen LogP contribution in [-0.2, 0) is 24.4 Å². The van der Waals surface area contributed by atoms with Crippen molar-refractivity contribution in [2.24, 2.45) is 0 Å². The fraction of sp³-hybridized carbons (Fsp3) is 0.160. The molecule has 0 unspecified atom stereocenters. The highest BCUT2D eigenvalue weighted by atomic mass is 35.5. The molecule has 0 fully saturated rings. The summed E-state index contributed by atoms with van der Waals surface area (Å²) in [5.74, 6) is -1.00. The number of halogens is 2. The summed E-state index contributed by atoms with van der Waals surface area (Å²) in [6.45, 7) is 2.13. The van der Waals surface area contributed by atoms with E-state index in [9.17, 15) is 18.8 Å². The Morgan fingerprint density at radius 1 is 1.03 bits per heavy atom. The number of nitrogens with zero attached hydrogens (tertiary/aromatic N) is 1. The van der Waals surface area contributed by atoms with Crippen LogP contribution in [0.5, 0.6) is 0 Å². The normalized spacial score (nSPS) is 10.9. The highest BCUT2D eigenvalue weighted by Gasteiger charge is 2.12. The molecule has 2 heterocycles. The first-order chi connectivity index (χ1) is 16.3. The second-order valence-corrected chi connectivity index (χ2v) is 8.33. The smallest absolute Gasteiger partial charge is 0.253 e. The number of amides is 2. The third-order valence-electron chi connectivity index (χ3n) is 5.40. The predicted octanol–water partition coefficient (Wildman–Crippen LogP) is 3.74. The second kappa shape index (κ2) is 9.93. The van der Waals surface area contributed by atoms with Gasteiger partial charge >= 0.3 is 0 Å². The average Bonchev–Trinajstić information content (AvgIpc) is 3.17. The lowest BCUT2D eigenvalue weighted by Gasteiger charge is -2.11. The van der Waals surface area contributed by atoms with Gasteiger partial charge in [-0.15, -0.1) is 0 Å². The van der Waals surface area contributed by atoms with Crippen LogP contribution >= 0.6 is 11.6 Å². The minimum Gasteiger partial charge on any atom is -0.360 e. The molecule has 0 aliphatic rings. The third-order valence-corrected chi connectivity index (χ3v) is 5.71. The van der Waals surface area contributed by atoms with Gasteiger partial charge in [-0.1, -0.05) is 35.9 Å². The van der Waals surface area contributed by atoms with E-state index in [0.29, 0.717) is 28.0 Å². The average molecular weight is 481 g/mol. The Hall–Kier alpha value is -3.91. The number of nitrogens with one attached hydrogen (secondary N) is 3. The summed E-state index contributed by atoms with van der Waals surface area (Å²) in [4.78, 5) is 38.9. The Balaban J connectivity index is 1.44. The van der Waals surface area contributed by atoms with Gasteiger partial charge in [-0.25, -0.2) is 4.39 Å². The molecule has 4 rings (SSSR count). The molecule has 0 bridgehead atoms. The zero-order valence-corrected chi connectivity index (χ0v) is 19.1. The van der Waals surface area contributed by atoms with E-state index in [0.717, 1.165) is 11.1 Å². The summed E-state index contributed by atoms with van der Waals surface area (Å²) < 4.78 is 15.8. The minimum atomic E-state index is -0.460. The summed E-state index contributed by atoms with van der Waals surface area (Å²) in [5, 5.41) is 6.56. The van der Waals surface area contributed by atoms with Crippen molar-refractivity contribution in [1.29, 1.82) is 0 Å². The fourth-order valence-corrected chi connectivity index (χ4v) is 3.75. The van der Waals surface area contributed by atoms with Crippen LogP contribution < -0.4 is 16.2 Å². The van der Waals surface area contributed by atoms with Gasteiger partial charge in [0.1, 0.15) is 5.82 Å². The van der Waals surface area contributed by atoms with Crippen molar-refractivity contribution in [3.8, 4) is 0 Å². The monoisotopic (exact) mass is 480 g/mol. The molecule has 0 aliphatic carbocycles. The molecule has 0 saturated heterocycles. The highest BCUT2D eigenvalue weighted by Crippen LogP contribution is 2.25. The number of pyridine rings is 1. The first-order valence-corrected chi connectivity index (χ1v) is 10.9. The third kappa shape index (κ3) is 5.35. The van der Waals surface area contributed by atoms with E-state index in [1.54, 1.807) is 12.3 Å². The zero-order chi connectivity index (χ0) is 24.2. The van der Waals surface area contributed by atoms with Crippen LogP contribution in [0.4, 0.5) is 4.39 Å². The molecule has 9 heteroatoms. The number of carbonyl (C=O) groups excluding carboxylic acids is 2. The molecule has 0 spiro atoms. The van der Waals surface area contributed by atoms with Gasteiger partial charge in [0.25, 0.3) is 11.5 Å². The Labute approximate surface area is 199 Å². The Morgan fingerprint density at radius 3 is 2.50 bits per heavy atom. The summed E-state index contributed by atoms with van der Waals surface area (Å²) in [5.41, 5.74) is 2.71. The molecule has 0 radical (unpaired) electrons. The molecule has 174 valence electrons. The van der Waals surface area contributed by atoms with Gasteiger partial charge in [-0.2, -0.15) is 0 Å². The first kappa shape index (κ1) is 23.3. The number of hydrogen-bond donors (Lipinski definition) is 3. The predicted molar refractivity (Wildman–Crippen MR) is 128 cm³/mol. The fourth-order valence-electron chi connectivity index (χ4n) is 3.54. The summed E-state index contributed by atoms with van der Waals surface area (Å²) in [7, 11) is 0. The molecule has 34 heavy (non-hydrogen) atoms. The highest BCUT2D eigenvalue weighted by molar-refractivity contribution is 6.35. The molecule has 0 atom stereocenters. The molecule has 7 nitrogen and oxygen atoms in total. The van der Waals surface area contributed by atoms with Crippen molar-refractivity contribution in [1.82, 2.24) is 20.2 Å². The van der Waals surface area contributed by atoms with Crippen molar-refractivity contribution in [2.45, 2.75) is 26.6 Å². The van der Waals surface area contributed by atoms with E-state index in [2.05, 4.69) is 15.6 Å². The van der Waals surface area contributed by atoms with Crippen molar-refractivity contribution in [2.75, 3.05) is 0 Å². The van der Waals surface area contributed by atoms with Gasteiger partial charge in [-0.05, 0) is 29.3 Å². The van der Waals surface area contributed by atoms with Crippen LogP contribution in [0.25, 0.3) is 10.9 Å². The number of hydrogen-bond acceptors (Lipinski definition) is 3. The molecule has 2 amide bonds. The number of rotatable bonds is 7. The largest absolute Gasteiger partial charge is 0.360 e. The van der Waals surface area contributed by atoms with Gasteiger partial charge in [0.05, 0.1) is 17.1 Å². The van der Waals surface area contributed by atoms with Crippen LogP contribution in [0.2, 0.25) is 5.02 Å². The Kier molecular flexibility index (Phi) is 6.79. The van der Waals surface area contributed by atoms with Crippen LogP contribution in [0.15, 0.2) is 65.7 Å². The Bertz CT molecular complexity index is 1430. The van der Waals surface area contributed by atoms with E-state index >= 15 is 0 Å². The lowest BCUT2D eigenvalue weighted by molar-refractivity contribution is -0.119. The van der Waals surface area contributed by atoms with Crippen LogP contribution in [0.1, 0.15) is 34.0 Å².